The fourth-order valence-corrected chi connectivity index (χ4v) is 1.87. The Balaban J connectivity index is 2.83. The van der Waals surface area contributed by atoms with E-state index in [1.54, 1.807) is 0 Å². The number of aliphatic hydroxyl groups excluding tert-OH is 3. The molecule has 0 spiro atoms. The largest absolute Gasteiger partial charge is 0.394 e. The quantitative estimate of drug-likeness (QED) is 0.424. The molecule has 1 aliphatic heterocycles. The molecule has 0 aliphatic carbocycles. The van der Waals surface area contributed by atoms with Crippen LogP contribution >= 0.6 is 12.6 Å². The molecule has 14 heavy (non-hydrogen) atoms. The van der Waals surface area contributed by atoms with Crippen molar-refractivity contribution in [3.05, 3.63) is 0 Å². The first-order chi connectivity index (χ1) is 6.59. The first kappa shape index (κ1) is 11.8. The third-order valence-corrected chi connectivity index (χ3v) is 2.91. The number of carbonyl (C=O) groups is 1. The number of hydrogen-bond acceptors (Lipinski definition) is 5. The van der Waals surface area contributed by atoms with E-state index in [0.29, 0.717) is 6.54 Å². The summed E-state index contributed by atoms with van der Waals surface area (Å²) in [6.07, 6.45) is 0.283. The van der Waals surface area contributed by atoms with E-state index >= 15 is 0 Å². The third kappa shape index (κ3) is 1.88. The number of aliphatic hydroxyl groups is 3. The van der Waals surface area contributed by atoms with Crippen LogP contribution in [0, 0.1) is 0 Å². The van der Waals surface area contributed by atoms with Crippen molar-refractivity contribution in [2.24, 2.45) is 0 Å². The Bertz CT molecular complexity index is 211. The van der Waals surface area contributed by atoms with E-state index in [4.69, 9.17) is 15.3 Å². The van der Waals surface area contributed by atoms with Gasteiger partial charge in [-0.05, 0) is 0 Å². The van der Waals surface area contributed by atoms with Crippen molar-refractivity contribution in [2.75, 3.05) is 26.4 Å². The van der Waals surface area contributed by atoms with Gasteiger partial charge < -0.3 is 20.2 Å². The molecule has 5 nitrogen and oxygen atoms in total. The molecule has 0 aromatic heterocycles. The van der Waals surface area contributed by atoms with Gasteiger partial charge in [-0.3, -0.25) is 4.79 Å². The summed E-state index contributed by atoms with van der Waals surface area (Å²) < 4.78 is 0. The highest BCUT2D eigenvalue weighted by atomic mass is 32.1. The molecule has 6 heteroatoms. The molecule has 1 atom stereocenters. The Morgan fingerprint density at radius 2 is 1.86 bits per heavy atom. The molecule has 0 aromatic carbocycles. The molecule has 1 unspecified atom stereocenters. The van der Waals surface area contributed by atoms with E-state index in [0.717, 1.165) is 0 Å². The number of carbonyl (C=O) groups excluding carboxylic acids is 1. The van der Waals surface area contributed by atoms with Crippen LogP contribution in [0.5, 0.6) is 0 Å². The zero-order chi connectivity index (χ0) is 10.8. The molecule has 1 aliphatic rings. The number of nitrogens with zero attached hydrogens (tertiary/aromatic N) is 1. The fourth-order valence-electron chi connectivity index (χ4n) is 1.55. The SMILES string of the molecule is O=C1CC(S)CN1C(CO)(CO)CO. The number of amides is 1. The average molecular weight is 221 g/mol. The van der Waals surface area contributed by atoms with Crippen LogP contribution < -0.4 is 0 Å². The Morgan fingerprint density at radius 3 is 2.14 bits per heavy atom. The molecule has 0 bridgehead atoms. The average Bonchev–Trinajstić information content (AvgIpc) is 2.51. The van der Waals surface area contributed by atoms with E-state index in [1.807, 2.05) is 0 Å². The predicted molar refractivity (Wildman–Crippen MR) is 53.1 cm³/mol. The summed E-state index contributed by atoms with van der Waals surface area (Å²) >= 11 is 4.15. The molecular weight excluding hydrogens is 206 g/mol. The fraction of sp³-hybridized carbons (Fsp3) is 0.875. The van der Waals surface area contributed by atoms with Gasteiger partial charge in [0.25, 0.3) is 0 Å². The van der Waals surface area contributed by atoms with Crippen LogP contribution in [0.15, 0.2) is 0 Å². The first-order valence-corrected chi connectivity index (χ1v) is 4.92. The van der Waals surface area contributed by atoms with Crippen molar-refractivity contribution in [1.29, 1.82) is 0 Å². The molecule has 1 rings (SSSR count). The van der Waals surface area contributed by atoms with Crippen molar-refractivity contribution in [3.63, 3.8) is 0 Å². The van der Waals surface area contributed by atoms with E-state index in [9.17, 15) is 4.79 Å². The summed E-state index contributed by atoms with van der Waals surface area (Å²) in [6.45, 7) is -1.01. The minimum Gasteiger partial charge on any atom is -0.394 e. The van der Waals surface area contributed by atoms with E-state index in [1.165, 1.54) is 4.90 Å². The van der Waals surface area contributed by atoms with Crippen molar-refractivity contribution >= 4 is 18.5 Å². The van der Waals surface area contributed by atoms with Crippen LogP contribution in [0.2, 0.25) is 0 Å². The van der Waals surface area contributed by atoms with Gasteiger partial charge in [0.05, 0.1) is 19.8 Å². The normalized spacial score (nSPS) is 23.3. The Kier molecular flexibility index (Phi) is 3.77. The lowest BCUT2D eigenvalue weighted by Gasteiger charge is -2.37. The summed E-state index contributed by atoms with van der Waals surface area (Å²) in [7, 11) is 0. The van der Waals surface area contributed by atoms with Crippen molar-refractivity contribution in [1.82, 2.24) is 4.90 Å². The van der Waals surface area contributed by atoms with Crippen LogP contribution in [0.3, 0.4) is 0 Å². The van der Waals surface area contributed by atoms with Crippen molar-refractivity contribution in [3.8, 4) is 0 Å². The van der Waals surface area contributed by atoms with Gasteiger partial charge in [0.1, 0.15) is 5.54 Å². The smallest absolute Gasteiger partial charge is 0.224 e. The summed E-state index contributed by atoms with van der Waals surface area (Å²) in [5.41, 5.74) is -1.24. The first-order valence-electron chi connectivity index (χ1n) is 4.41. The summed E-state index contributed by atoms with van der Waals surface area (Å²) in [5.74, 6) is -0.192. The predicted octanol–water partition coefficient (Wildman–Crippen LogP) is -1.77. The van der Waals surface area contributed by atoms with Gasteiger partial charge in [-0.25, -0.2) is 0 Å². The van der Waals surface area contributed by atoms with Gasteiger partial charge in [-0.15, -0.1) is 0 Å². The summed E-state index contributed by atoms with van der Waals surface area (Å²) in [5, 5.41) is 27.2. The monoisotopic (exact) mass is 221 g/mol. The Morgan fingerprint density at radius 1 is 1.36 bits per heavy atom. The lowest BCUT2D eigenvalue weighted by Crippen LogP contribution is -2.57. The molecule has 82 valence electrons. The van der Waals surface area contributed by atoms with Gasteiger partial charge >= 0.3 is 0 Å². The third-order valence-electron chi connectivity index (χ3n) is 2.56. The zero-order valence-electron chi connectivity index (χ0n) is 7.76. The van der Waals surface area contributed by atoms with Crippen molar-refractivity contribution < 1.29 is 20.1 Å². The van der Waals surface area contributed by atoms with E-state index < -0.39 is 25.4 Å². The summed E-state index contributed by atoms with van der Waals surface area (Å²) in [4.78, 5) is 12.8. The van der Waals surface area contributed by atoms with Crippen LogP contribution in [0.1, 0.15) is 6.42 Å². The lowest BCUT2D eigenvalue weighted by molar-refractivity contribution is -0.140. The standard InChI is InChI=1S/C8H15NO4S/c10-3-8(4-11,5-12)9-2-6(14)1-7(9)13/h6,10-12,14H,1-5H2. The maximum atomic E-state index is 11.5. The van der Waals surface area contributed by atoms with Gasteiger partial charge in [-0.2, -0.15) is 12.6 Å². The highest BCUT2D eigenvalue weighted by Crippen LogP contribution is 2.24. The Labute approximate surface area is 87.7 Å². The van der Waals surface area contributed by atoms with E-state index in [2.05, 4.69) is 12.6 Å². The van der Waals surface area contributed by atoms with Gasteiger partial charge in [0.2, 0.25) is 5.91 Å². The minimum atomic E-state index is -1.24. The maximum Gasteiger partial charge on any atom is 0.224 e. The minimum absolute atomic E-state index is 0.0912. The van der Waals surface area contributed by atoms with Crippen LogP contribution in [-0.2, 0) is 4.79 Å². The molecule has 1 fully saturated rings. The number of hydrogen-bond donors (Lipinski definition) is 4. The van der Waals surface area contributed by atoms with Crippen LogP contribution in [0.4, 0.5) is 0 Å². The number of rotatable bonds is 4. The van der Waals surface area contributed by atoms with Crippen LogP contribution in [0.25, 0.3) is 0 Å². The maximum absolute atomic E-state index is 11.5. The molecular formula is C8H15NO4S. The lowest BCUT2D eigenvalue weighted by atomic mass is 10.0. The molecule has 3 N–H and O–H groups in total. The van der Waals surface area contributed by atoms with Gasteiger partial charge in [0.15, 0.2) is 0 Å². The van der Waals surface area contributed by atoms with Gasteiger partial charge in [0, 0.05) is 18.2 Å². The second kappa shape index (κ2) is 4.48. The Hall–Kier alpha value is -0.300. The molecule has 0 radical (unpaired) electrons. The molecule has 1 saturated heterocycles. The second-order valence-electron chi connectivity index (χ2n) is 3.56. The number of likely N-dealkylation sites (tertiary alicyclic amines) is 1. The molecule has 1 amide bonds. The number of thiol groups is 1. The molecule has 0 saturated carbocycles. The highest BCUT2D eigenvalue weighted by molar-refractivity contribution is 7.81. The highest BCUT2D eigenvalue weighted by Gasteiger charge is 2.43. The van der Waals surface area contributed by atoms with Crippen molar-refractivity contribution in [2.45, 2.75) is 17.2 Å². The molecule has 0 aromatic rings. The van der Waals surface area contributed by atoms with Crippen LogP contribution in [-0.4, -0.2) is 63.3 Å². The van der Waals surface area contributed by atoms with E-state index in [-0.39, 0.29) is 17.6 Å². The molecule has 1 heterocycles. The zero-order valence-corrected chi connectivity index (χ0v) is 8.65. The van der Waals surface area contributed by atoms with Gasteiger partial charge in [-0.1, -0.05) is 0 Å². The summed E-state index contributed by atoms with van der Waals surface area (Å²) in [6, 6.07) is 0. The topological polar surface area (TPSA) is 81.0 Å². The second-order valence-corrected chi connectivity index (χ2v) is 4.29.